The van der Waals surface area contributed by atoms with Gasteiger partial charge in [-0.2, -0.15) is 0 Å². The Kier molecular flexibility index (Phi) is 6.58. The number of piperidine rings is 1. The van der Waals surface area contributed by atoms with Gasteiger partial charge in [-0.25, -0.2) is 14.8 Å². The van der Waals surface area contributed by atoms with Crippen LogP contribution in [0.25, 0.3) is 22.0 Å². The van der Waals surface area contributed by atoms with E-state index in [1.54, 1.807) is 18.5 Å². The third kappa shape index (κ3) is 5.34. The lowest BCUT2D eigenvalue weighted by atomic mass is 9.86. The Morgan fingerprint density at radius 3 is 2.72 bits per heavy atom. The molecule has 32 heavy (non-hydrogen) atoms. The number of nitrogens with one attached hydrogen (secondary N) is 2. The Morgan fingerprint density at radius 1 is 1.22 bits per heavy atom. The van der Waals surface area contributed by atoms with Crippen LogP contribution in [-0.2, 0) is 4.74 Å². The molecular formula is C24H28ClN5O2. The van der Waals surface area contributed by atoms with Crippen LogP contribution in [0.2, 0.25) is 5.15 Å². The molecule has 1 fully saturated rings. The molecule has 168 valence electrons. The van der Waals surface area contributed by atoms with Crippen LogP contribution in [-0.4, -0.2) is 39.7 Å². The lowest BCUT2D eigenvalue weighted by Gasteiger charge is -2.32. The fourth-order valence-electron chi connectivity index (χ4n) is 4.09. The molecule has 0 radical (unpaired) electrons. The molecule has 1 atom stereocenters. The summed E-state index contributed by atoms with van der Waals surface area (Å²) in [7, 11) is 0. The zero-order valence-electron chi connectivity index (χ0n) is 18.6. The number of pyridine rings is 3. The van der Waals surface area contributed by atoms with Gasteiger partial charge >= 0.3 is 6.09 Å². The zero-order valence-corrected chi connectivity index (χ0v) is 19.3. The van der Waals surface area contributed by atoms with Crippen LogP contribution in [0.15, 0.2) is 42.9 Å². The van der Waals surface area contributed by atoms with E-state index in [-0.39, 0.29) is 12.0 Å². The van der Waals surface area contributed by atoms with Gasteiger partial charge in [0.05, 0.1) is 17.4 Å². The molecule has 0 saturated carbocycles. The van der Waals surface area contributed by atoms with Crippen molar-refractivity contribution in [1.29, 1.82) is 0 Å². The molecule has 0 aromatic carbocycles. The summed E-state index contributed by atoms with van der Waals surface area (Å²) in [5, 5.41) is 8.84. The van der Waals surface area contributed by atoms with Crippen molar-refractivity contribution in [3.05, 3.63) is 53.7 Å². The molecule has 0 bridgehead atoms. The van der Waals surface area contributed by atoms with Gasteiger partial charge in [-0.05, 0) is 76.9 Å². The van der Waals surface area contributed by atoms with E-state index in [0.717, 1.165) is 53.7 Å². The van der Waals surface area contributed by atoms with Gasteiger partial charge in [0.25, 0.3) is 0 Å². The normalized spacial score (nSPS) is 16.0. The number of alkyl carbamates (subject to hydrolysis) is 1. The fourth-order valence-corrected chi connectivity index (χ4v) is 4.27. The van der Waals surface area contributed by atoms with E-state index in [1.165, 1.54) is 0 Å². The molecule has 1 unspecified atom stereocenters. The predicted octanol–water partition coefficient (Wildman–Crippen LogP) is 4.91. The number of carbonyl (C=O) groups is 1. The second-order valence-electron chi connectivity index (χ2n) is 9.07. The van der Waals surface area contributed by atoms with Crippen molar-refractivity contribution in [2.24, 2.45) is 5.92 Å². The molecule has 1 aliphatic rings. The Balaban J connectivity index is 1.82. The molecule has 2 N–H and O–H groups in total. The number of halogens is 1. The van der Waals surface area contributed by atoms with E-state index in [0.29, 0.717) is 5.15 Å². The van der Waals surface area contributed by atoms with Crippen LogP contribution in [0.5, 0.6) is 0 Å². The minimum Gasteiger partial charge on any atom is -0.444 e. The highest BCUT2D eigenvalue weighted by atomic mass is 35.5. The molecule has 4 rings (SSSR count). The van der Waals surface area contributed by atoms with Crippen LogP contribution in [0.3, 0.4) is 0 Å². The summed E-state index contributed by atoms with van der Waals surface area (Å²) in [5.74, 6) is 0.226. The molecule has 8 heteroatoms. The Hall–Kier alpha value is -2.77. The van der Waals surface area contributed by atoms with Crippen molar-refractivity contribution in [2.45, 2.75) is 45.3 Å². The first-order chi connectivity index (χ1) is 15.3. The van der Waals surface area contributed by atoms with Gasteiger partial charge in [0.1, 0.15) is 10.8 Å². The standard InChI is InChI=1S/C24H28ClN5O2/c1-24(2,3)32-23(31)30-21(15-4-8-26-9-5-15)22-18-7-10-27-14-17(18)12-19(29-22)16-6-11-28-20(25)13-16/h6-7,10-15,21,26H,4-5,8-9H2,1-3H3,(H,30,31). The zero-order chi connectivity index (χ0) is 22.7. The number of carbonyl (C=O) groups excluding carboxylic acids is 1. The molecule has 0 aliphatic carbocycles. The number of hydrogen-bond donors (Lipinski definition) is 2. The number of amides is 1. The molecule has 4 heterocycles. The van der Waals surface area contributed by atoms with E-state index in [9.17, 15) is 4.79 Å². The Morgan fingerprint density at radius 2 is 2.00 bits per heavy atom. The topological polar surface area (TPSA) is 89.0 Å². The van der Waals surface area contributed by atoms with Crippen molar-refractivity contribution < 1.29 is 9.53 Å². The number of nitrogens with zero attached hydrogens (tertiary/aromatic N) is 3. The average molecular weight is 454 g/mol. The summed E-state index contributed by atoms with van der Waals surface area (Å²) in [6.45, 7) is 7.38. The van der Waals surface area contributed by atoms with E-state index >= 15 is 0 Å². The molecule has 1 amide bonds. The summed E-state index contributed by atoms with van der Waals surface area (Å²) < 4.78 is 5.59. The second-order valence-corrected chi connectivity index (χ2v) is 9.46. The number of fused-ring (bicyclic) bond motifs is 1. The lowest BCUT2D eigenvalue weighted by molar-refractivity contribution is 0.0476. The third-order valence-corrected chi connectivity index (χ3v) is 5.71. The molecule has 1 aliphatic heterocycles. The molecule has 1 saturated heterocycles. The number of hydrogen-bond acceptors (Lipinski definition) is 6. The number of rotatable bonds is 4. The maximum Gasteiger partial charge on any atom is 0.408 e. The van der Waals surface area contributed by atoms with Crippen molar-refractivity contribution >= 4 is 28.5 Å². The van der Waals surface area contributed by atoms with Crippen LogP contribution >= 0.6 is 11.6 Å². The monoisotopic (exact) mass is 453 g/mol. The van der Waals surface area contributed by atoms with E-state index < -0.39 is 11.7 Å². The first kappa shape index (κ1) is 22.4. The largest absolute Gasteiger partial charge is 0.444 e. The van der Waals surface area contributed by atoms with E-state index in [4.69, 9.17) is 21.3 Å². The van der Waals surface area contributed by atoms with Gasteiger partial charge in [0.15, 0.2) is 0 Å². The van der Waals surface area contributed by atoms with Gasteiger partial charge in [-0.15, -0.1) is 0 Å². The van der Waals surface area contributed by atoms with E-state index in [2.05, 4.69) is 20.6 Å². The van der Waals surface area contributed by atoms with Crippen molar-refractivity contribution in [3.8, 4) is 11.3 Å². The highest BCUT2D eigenvalue weighted by Crippen LogP contribution is 2.34. The minimum absolute atomic E-state index is 0.226. The highest BCUT2D eigenvalue weighted by Gasteiger charge is 2.31. The average Bonchev–Trinajstić information content (AvgIpc) is 2.76. The SMILES string of the molecule is CC(C)(C)OC(=O)NC(c1nc(-c2ccnc(Cl)c2)cc2cnccc12)C1CCNCC1. The van der Waals surface area contributed by atoms with Crippen LogP contribution in [0, 0.1) is 5.92 Å². The van der Waals surface area contributed by atoms with Crippen LogP contribution < -0.4 is 10.6 Å². The van der Waals surface area contributed by atoms with E-state index in [1.807, 2.05) is 45.2 Å². The fraction of sp³-hybridized carbons (Fsp3) is 0.417. The summed E-state index contributed by atoms with van der Waals surface area (Å²) in [5.41, 5.74) is 1.84. The smallest absolute Gasteiger partial charge is 0.408 e. The Bertz CT molecular complexity index is 1110. The molecule has 0 spiro atoms. The first-order valence-electron chi connectivity index (χ1n) is 10.9. The number of ether oxygens (including phenoxy) is 1. The predicted molar refractivity (Wildman–Crippen MR) is 125 cm³/mol. The maximum atomic E-state index is 12.8. The molecular weight excluding hydrogens is 426 g/mol. The van der Waals surface area contributed by atoms with Gasteiger partial charge in [-0.1, -0.05) is 11.6 Å². The molecule has 3 aromatic heterocycles. The highest BCUT2D eigenvalue weighted by molar-refractivity contribution is 6.29. The molecule has 7 nitrogen and oxygen atoms in total. The van der Waals surface area contributed by atoms with Crippen molar-refractivity contribution in [1.82, 2.24) is 25.6 Å². The van der Waals surface area contributed by atoms with Crippen LogP contribution in [0.4, 0.5) is 4.79 Å². The van der Waals surface area contributed by atoms with Crippen LogP contribution in [0.1, 0.15) is 45.3 Å². The van der Waals surface area contributed by atoms with Crippen molar-refractivity contribution in [2.75, 3.05) is 13.1 Å². The third-order valence-electron chi connectivity index (χ3n) is 5.51. The Labute approximate surface area is 193 Å². The molecule has 3 aromatic rings. The first-order valence-corrected chi connectivity index (χ1v) is 11.2. The quantitative estimate of drug-likeness (QED) is 0.545. The summed E-state index contributed by atoms with van der Waals surface area (Å²) in [6.07, 6.45) is 6.65. The maximum absolute atomic E-state index is 12.8. The summed E-state index contributed by atoms with van der Waals surface area (Å²) in [6, 6.07) is 7.31. The summed E-state index contributed by atoms with van der Waals surface area (Å²) in [4.78, 5) is 26.2. The van der Waals surface area contributed by atoms with Gasteiger partial charge in [0, 0.05) is 34.9 Å². The van der Waals surface area contributed by atoms with Crippen molar-refractivity contribution in [3.63, 3.8) is 0 Å². The lowest BCUT2D eigenvalue weighted by Crippen LogP contribution is -2.41. The van der Waals surface area contributed by atoms with Gasteiger partial charge in [-0.3, -0.25) is 4.98 Å². The minimum atomic E-state index is -0.586. The van der Waals surface area contributed by atoms with Gasteiger partial charge in [0.2, 0.25) is 0 Å². The summed E-state index contributed by atoms with van der Waals surface area (Å²) >= 11 is 6.14. The number of aromatic nitrogens is 3. The second kappa shape index (κ2) is 9.38. The van der Waals surface area contributed by atoms with Gasteiger partial charge < -0.3 is 15.4 Å².